The van der Waals surface area contributed by atoms with Crippen LogP contribution < -0.4 is 10.6 Å². The van der Waals surface area contributed by atoms with Crippen molar-refractivity contribution in [1.82, 2.24) is 25.3 Å². The Morgan fingerprint density at radius 1 is 1.12 bits per heavy atom. The Kier molecular flexibility index (Phi) is 10.1. The molecule has 180 valence electrons. The van der Waals surface area contributed by atoms with Gasteiger partial charge < -0.3 is 20.0 Å². The number of amides is 1. The molecule has 0 bridgehead atoms. The number of rotatable bonds is 8. The zero-order valence-electron chi connectivity index (χ0n) is 19.3. The highest BCUT2D eigenvalue weighted by Crippen LogP contribution is 2.28. The van der Waals surface area contributed by atoms with E-state index in [1.165, 1.54) is 19.3 Å². The van der Waals surface area contributed by atoms with Crippen LogP contribution in [0.4, 0.5) is 0 Å². The molecule has 1 aliphatic carbocycles. The fourth-order valence-corrected chi connectivity index (χ4v) is 4.80. The zero-order valence-corrected chi connectivity index (χ0v) is 21.6. The van der Waals surface area contributed by atoms with Crippen LogP contribution in [0.15, 0.2) is 27.8 Å². The lowest BCUT2D eigenvalue weighted by atomic mass is 9.84. The second kappa shape index (κ2) is 12.8. The second-order valence-electron chi connectivity index (χ2n) is 8.95. The third-order valence-electron chi connectivity index (χ3n) is 7.00. The quantitative estimate of drug-likeness (QED) is 0.290. The number of guanidine groups is 1. The van der Waals surface area contributed by atoms with E-state index < -0.39 is 0 Å². The number of furan rings is 1. The summed E-state index contributed by atoms with van der Waals surface area (Å²) >= 11 is 0. The number of likely N-dealkylation sites (tertiary alicyclic amines) is 1. The van der Waals surface area contributed by atoms with E-state index >= 15 is 0 Å². The number of halogens is 1. The molecule has 2 saturated heterocycles. The maximum Gasteiger partial charge on any atom is 0.225 e. The first-order valence-electron chi connectivity index (χ1n) is 12.0. The molecule has 8 nitrogen and oxygen atoms in total. The van der Waals surface area contributed by atoms with Crippen molar-refractivity contribution in [3.05, 3.63) is 24.2 Å². The molecule has 2 N–H and O–H groups in total. The van der Waals surface area contributed by atoms with Crippen LogP contribution >= 0.6 is 24.0 Å². The molecule has 3 heterocycles. The number of carbonyl (C=O) groups is 1. The lowest BCUT2D eigenvalue weighted by Crippen LogP contribution is -2.52. The molecular formula is C23H39IN6O2. The van der Waals surface area contributed by atoms with Crippen molar-refractivity contribution in [1.29, 1.82) is 0 Å². The molecule has 0 aromatic carbocycles. The van der Waals surface area contributed by atoms with E-state index in [1.54, 1.807) is 6.26 Å². The van der Waals surface area contributed by atoms with Crippen molar-refractivity contribution in [2.24, 2.45) is 10.9 Å². The van der Waals surface area contributed by atoms with Crippen LogP contribution in [0.5, 0.6) is 0 Å². The molecule has 1 atom stereocenters. The third kappa shape index (κ3) is 6.60. The van der Waals surface area contributed by atoms with Gasteiger partial charge >= 0.3 is 0 Å². The van der Waals surface area contributed by atoms with Gasteiger partial charge in [-0.15, -0.1) is 24.0 Å². The van der Waals surface area contributed by atoms with Gasteiger partial charge in [0.2, 0.25) is 5.91 Å². The van der Waals surface area contributed by atoms with E-state index in [-0.39, 0.29) is 30.0 Å². The molecule has 3 aliphatic rings. The van der Waals surface area contributed by atoms with Crippen LogP contribution in [-0.4, -0.2) is 92.5 Å². The average Bonchev–Trinajstić information content (AvgIpc) is 3.47. The Balaban J connectivity index is 0.00000289. The van der Waals surface area contributed by atoms with Crippen LogP contribution in [0.2, 0.25) is 0 Å². The fourth-order valence-electron chi connectivity index (χ4n) is 4.80. The fraction of sp³-hybridized carbons (Fsp3) is 0.739. The first-order valence-corrected chi connectivity index (χ1v) is 12.0. The van der Waals surface area contributed by atoms with Crippen LogP contribution in [0.1, 0.15) is 43.9 Å². The molecule has 2 aliphatic heterocycles. The van der Waals surface area contributed by atoms with E-state index in [2.05, 4.69) is 36.4 Å². The number of hydrogen-bond donors (Lipinski definition) is 2. The Bertz CT molecular complexity index is 710. The lowest BCUT2D eigenvalue weighted by Gasteiger charge is -2.38. The van der Waals surface area contributed by atoms with E-state index in [1.807, 2.05) is 13.1 Å². The monoisotopic (exact) mass is 558 g/mol. The van der Waals surface area contributed by atoms with E-state index in [0.29, 0.717) is 11.8 Å². The maximum absolute atomic E-state index is 12.4. The van der Waals surface area contributed by atoms with Crippen molar-refractivity contribution in [3.8, 4) is 0 Å². The van der Waals surface area contributed by atoms with Gasteiger partial charge in [0.1, 0.15) is 5.76 Å². The summed E-state index contributed by atoms with van der Waals surface area (Å²) in [5.74, 6) is 2.54. The number of aliphatic imine (C=N–C) groups is 1. The predicted molar refractivity (Wildman–Crippen MR) is 137 cm³/mol. The van der Waals surface area contributed by atoms with Gasteiger partial charge in [-0.1, -0.05) is 6.42 Å². The molecule has 1 saturated carbocycles. The number of nitrogens with one attached hydrogen (secondary N) is 2. The van der Waals surface area contributed by atoms with Crippen molar-refractivity contribution in [2.75, 3.05) is 66.0 Å². The summed E-state index contributed by atoms with van der Waals surface area (Å²) in [6, 6.07) is 4.26. The summed E-state index contributed by atoms with van der Waals surface area (Å²) in [5, 5.41) is 6.93. The number of piperazine rings is 1. The molecular weight excluding hydrogens is 519 g/mol. The Labute approximate surface area is 209 Å². The summed E-state index contributed by atoms with van der Waals surface area (Å²) in [5.41, 5.74) is 0. The van der Waals surface area contributed by atoms with Crippen LogP contribution in [0.3, 0.4) is 0 Å². The summed E-state index contributed by atoms with van der Waals surface area (Å²) in [6.07, 6.45) is 7.66. The third-order valence-corrected chi connectivity index (χ3v) is 7.00. The smallest absolute Gasteiger partial charge is 0.225 e. The zero-order chi connectivity index (χ0) is 21.5. The van der Waals surface area contributed by atoms with Gasteiger partial charge in [-0.3, -0.25) is 19.6 Å². The topological polar surface area (TPSA) is 76.4 Å². The summed E-state index contributed by atoms with van der Waals surface area (Å²) in [4.78, 5) is 23.8. The van der Waals surface area contributed by atoms with Gasteiger partial charge in [0, 0.05) is 58.8 Å². The first kappa shape index (κ1) is 25.3. The van der Waals surface area contributed by atoms with Crippen molar-refractivity contribution in [3.63, 3.8) is 0 Å². The first-order chi connectivity index (χ1) is 15.2. The van der Waals surface area contributed by atoms with Crippen LogP contribution in [0.25, 0.3) is 0 Å². The van der Waals surface area contributed by atoms with Crippen molar-refractivity contribution < 1.29 is 9.21 Å². The molecule has 1 unspecified atom stereocenters. The molecule has 1 aromatic heterocycles. The Hall–Kier alpha value is -1.33. The SMILES string of the molecule is CN=C(NCCN1CCN(C(=O)C2CCC2)CC1)NCC(c1ccco1)N1CCCC1.I. The normalized spacial score (nSPS) is 21.7. The van der Waals surface area contributed by atoms with Crippen LogP contribution in [0, 0.1) is 5.92 Å². The minimum Gasteiger partial charge on any atom is -0.468 e. The van der Waals surface area contributed by atoms with E-state index in [9.17, 15) is 4.79 Å². The molecule has 3 fully saturated rings. The van der Waals surface area contributed by atoms with Gasteiger partial charge in [-0.2, -0.15) is 0 Å². The van der Waals surface area contributed by atoms with E-state index in [0.717, 1.165) is 83.5 Å². The number of hydrogen-bond acceptors (Lipinski definition) is 5. The Morgan fingerprint density at radius 3 is 2.47 bits per heavy atom. The molecule has 1 aromatic rings. The second-order valence-corrected chi connectivity index (χ2v) is 8.95. The van der Waals surface area contributed by atoms with Gasteiger partial charge in [-0.25, -0.2) is 0 Å². The largest absolute Gasteiger partial charge is 0.468 e. The summed E-state index contributed by atoms with van der Waals surface area (Å²) in [6.45, 7) is 8.46. The molecule has 4 rings (SSSR count). The maximum atomic E-state index is 12.4. The molecule has 0 radical (unpaired) electrons. The highest BCUT2D eigenvalue weighted by atomic mass is 127. The van der Waals surface area contributed by atoms with E-state index in [4.69, 9.17) is 4.42 Å². The molecule has 9 heteroatoms. The van der Waals surface area contributed by atoms with Gasteiger partial charge in [0.05, 0.1) is 12.3 Å². The van der Waals surface area contributed by atoms with Crippen molar-refractivity contribution >= 4 is 35.8 Å². The molecule has 32 heavy (non-hydrogen) atoms. The summed E-state index contributed by atoms with van der Waals surface area (Å²) in [7, 11) is 1.82. The predicted octanol–water partition coefficient (Wildman–Crippen LogP) is 2.14. The minimum atomic E-state index is 0. The summed E-state index contributed by atoms with van der Waals surface area (Å²) < 4.78 is 5.71. The lowest BCUT2D eigenvalue weighted by molar-refractivity contribution is -0.139. The standard InChI is InChI=1S/C23H38N6O2.HI/c1-24-23(26-18-20(21-8-5-17-31-21)28-10-2-3-11-28)25-9-12-27-13-15-29(16-14-27)22(30)19-6-4-7-19;/h5,8,17,19-20H,2-4,6-7,9-16,18H2,1H3,(H2,24,25,26);1H. The van der Waals surface area contributed by atoms with Crippen LogP contribution in [-0.2, 0) is 4.79 Å². The van der Waals surface area contributed by atoms with Gasteiger partial charge in [0.15, 0.2) is 5.96 Å². The Morgan fingerprint density at radius 2 is 1.88 bits per heavy atom. The van der Waals surface area contributed by atoms with Gasteiger partial charge in [0.25, 0.3) is 0 Å². The highest BCUT2D eigenvalue weighted by molar-refractivity contribution is 14.0. The number of nitrogens with zero attached hydrogens (tertiary/aromatic N) is 4. The van der Waals surface area contributed by atoms with Gasteiger partial charge in [-0.05, 0) is 50.9 Å². The number of carbonyl (C=O) groups excluding carboxylic acids is 1. The minimum absolute atomic E-state index is 0. The average molecular weight is 559 g/mol. The van der Waals surface area contributed by atoms with Crippen molar-refractivity contribution in [2.45, 2.75) is 38.1 Å². The molecule has 1 amide bonds. The molecule has 0 spiro atoms. The highest BCUT2D eigenvalue weighted by Gasteiger charge is 2.31.